The molecular weight excluding hydrogens is 206 g/mol. The highest BCUT2D eigenvalue weighted by atomic mass is 16.4. The van der Waals surface area contributed by atoms with E-state index in [1.807, 2.05) is 18.2 Å². The Bertz CT molecular complexity index is 554. The van der Waals surface area contributed by atoms with Crippen molar-refractivity contribution in [2.45, 2.75) is 13.3 Å². The van der Waals surface area contributed by atoms with Crippen LogP contribution in [0.4, 0.5) is 0 Å². The lowest BCUT2D eigenvalue weighted by Gasteiger charge is -1.91. The van der Waals surface area contributed by atoms with Crippen LogP contribution in [0.25, 0.3) is 17.2 Å². The van der Waals surface area contributed by atoms with Gasteiger partial charge in [-0.25, -0.2) is 4.98 Å². The van der Waals surface area contributed by atoms with E-state index in [4.69, 9.17) is 9.52 Å². The van der Waals surface area contributed by atoms with Crippen molar-refractivity contribution in [3.63, 3.8) is 0 Å². The van der Waals surface area contributed by atoms with Crippen molar-refractivity contribution >= 4 is 23.1 Å². The van der Waals surface area contributed by atoms with Crippen LogP contribution in [-0.2, 0) is 4.79 Å². The van der Waals surface area contributed by atoms with E-state index < -0.39 is 5.97 Å². The number of aromatic nitrogens is 1. The maximum Gasteiger partial charge on any atom is 0.307 e. The van der Waals surface area contributed by atoms with Crippen molar-refractivity contribution in [1.82, 2.24) is 4.98 Å². The molecule has 1 aromatic heterocycles. The number of aliphatic carboxylic acids is 1. The Morgan fingerprint density at radius 3 is 3.12 bits per heavy atom. The maximum atomic E-state index is 10.3. The average Bonchev–Trinajstić information content (AvgIpc) is 2.56. The van der Waals surface area contributed by atoms with Crippen LogP contribution in [0.2, 0.25) is 0 Å². The molecule has 0 fully saturated rings. The first-order valence-electron chi connectivity index (χ1n) is 4.91. The van der Waals surface area contributed by atoms with E-state index >= 15 is 0 Å². The van der Waals surface area contributed by atoms with Crippen LogP contribution in [0.15, 0.2) is 28.7 Å². The summed E-state index contributed by atoms with van der Waals surface area (Å²) in [6.07, 6.45) is 3.38. The second kappa shape index (κ2) is 4.18. The van der Waals surface area contributed by atoms with Gasteiger partial charge in [0.2, 0.25) is 0 Å². The van der Waals surface area contributed by atoms with Gasteiger partial charge in [-0.3, -0.25) is 4.79 Å². The number of aryl methyl sites for hydroxylation is 1. The molecule has 4 nitrogen and oxygen atoms in total. The van der Waals surface area contributed by atoms with Crippen LogP contribution >= 0.6 is 0 Å². The third-order valence-electron chi connectivity index (χ3n) is 2.12. The van der Waals surface area contributed by atoms with Crippen LogP contribution in [0.5, 0.6) is 0 Å². The summed E-state index contributed by atoms with van der Waals surface area (Å²) < 4.78 is 5.37. The zero-order valence-corrected chi connectivity index (χ0v) is 8.80. The summed E-state index contributed by atoms with van der Waals surface area (Å²) in [5, 5.41) is 8.49. The highest BCUT2D eigenvalue weighted by Crippen LogP contribution is 2.17. The summed E-state index contributed by atoms with van der Waals surface area (Å²) in [5.74, 6) is -0.213. The van der Waals surface area contributed by atoms with E-state index in [0.717, 1.165) is 16.7 Å². The van der Waals surface area contributed by atoms with Crippen molar-refractivity contribution < 1.29 is 14.3 Å². The van der Waals surface area contributed by atoms with E-state index in [0.29, 0.717) is 5.89 Å². The number of carboxylic acids is 1. The summed E-state index contributed by atoms with van der Waals surface area (Å²) in [5.41, 5.74) is 2.44. The van der Waals surface area contributed by atoms with Crippen molar-refractivity contribution in [1.29, 1.82) is 0 Å². The van der Waals surface area contributed by atoms with E-state index in [1.165, 1.54) is 0 Å². The van der Waals surface area contributed by atoms with Gasteiger partial charge >= 0.3 is 5.97 Å². The molecule has 0 aliphatic carbocycles. The van der Waals surface area contributed by atoms with Crippen molar-refractivity contribution in [3.05, 3.63) is 35.7 Å². The number of nitrogens with zero attached hydrogens (tertiary/aromatic N) is 1. The molecule has 0 saturated carbocycles. The number of carboxylic acid groups (broad SMARTS) is 1. The van der Waals surface area contributed by atoms with Crippen LogP contribution in [0.3, 0.4) is 0 Å². The number of fused-ring (bicyclic) bond motifs is 1. The Morgan fingerprint density at radius 1 is 1.56 bits per heavy atom. The standard InChI is InChI=1S/C12H11NO3/c1-8-13-10-6-5-9(7-11(10)16-8)3-2-4-12(14)15/h2-3,5-7H,4H2,1H3,(H,14,15). The van der Waals surface area contributed by atoms with E-state index in [-0.39, 0.29) is 6.42 Å². The van der Waals surface area contributed by atoms with Crippen LogP contribution in [0.1, 0.15) is 17.9 Å². The average molecular weight is 217 g/mol. The zero-order chi connectivity index (χ0) is 11.5. The highest BCUT2D eigenvalue weighted by Gasteiger charge is 2.01. The second-order valence-corrected chi connectivity index (χ2v) is 3.46. The van der Waals surface area contributed by atoms with Gasteiger partial charge < -0.3 is 9.52 Å². The fourth-order valence-electron chi connectivity index (χ4n) is 1.46. The Kier molecular flexibility index (Phi) is 2.72. The molecule has 0 aliphatic rings. The van der Waals surface area contributed by atoms with Gasteiger partial charge in [0.15, 0.2) is 11.5 Å². The van der Waals surface area contributed by atoms with Gasteiger partial charge in [-0.05, 0) is 17.7 Å². The van der Waals surface area contributed by atoms with Gasteiger partial charge in [0.05, 0.1) is 6.42 Å². The zero-order valence-electron chi connectivity index (χ0n) is 8.80. The molecule has 0 aliphatic heterocycles. The van der Waals surface area contributed by atoms with E-state index in [9.17, 15) is 4.79 Å². The lowest BCUT2D eigenvalue weighted by molar-refractivity contribution is -0.135. The number of carbonyl (C=O) groups is 1. The minimum atomic E-state index is -0.840. The molecule has 0 bridgehead atoms. The molecule has 1 heterocycles. The smallest absolute Gasteiger partial charge is 0.307 e. The lowest BCUT2D eigenvalue weighted by atomic mass is 10.2. The molecule has 0 unspecified atom stereocenters. The van der Waals surface area contributed by atoms with Gasteiger partial charge in [-0.2, -0.15) is 0 Å². The molecular formula is C12H11NO3. The van der Waals surface area contributed by atoms with Gasteiger partial charge in [0, 0.05) is 6.92 Å². The summed E-state index contributed by atoms with van der Waals surface area (Å²) in [6, 6.07) is 5.57. The predicted octanol–water partition coefficient (Wildman–Crippen LogP) is 2.62. The molecule has 0 saturated heterocycles. The Labute approximate surface area is 92.2 Å². The maximum absolute atomic E-state index is 10.3. The normalized spacial score (nSPS) is 11.3. The number of rotatable bonds is 3. The number of benzene rings is 1. The van der Waals surface area contributed by atoms with Gasteiger partial charge in [0.25, 0.3) is 0 Å². The molecule has 2 rings (SSSR count). The molecule has 0 spiro atoms. The van der Waals surface area contributed by atoms with Gasteiger partial charge in [0.1, 0.15) is 5.52 Å². The number of oxazole rings is 1. The van der Waals surface area contributed by atoms with E-state index in [2.05, 4.69) is 4.98 Å². The molecule has 2 aromatic rings. The van der Waals surface area contributed by atoms with Crippen molar-refractivity contribution in [2.24, 2.45) is 0 Å². The van der Waals surface area contributed by atoms with Crippen molar-refractivity contribution in [3.8, 4) is 0 Å². The lowest BCUT2D eigenvalue weighted by Crippen LogP contribution is -1.89. The molecule has 4 heteroatoms. The quantitative estimate of drug-likeness (QED) is 0.858. The highest BCUT2D eigenvalue weighted by molar-refractivity contribution is 5.76. The Morgan fingerprint density at radius 2 is 2.38 bits per heavy atom. The molecule has 1 aromatic carbocycles. The summed E-state index contributed by atoms with van der Waals surface area (Å²) in [4.78, 5) is 14.5. The third kappa shape index (κ3) is 2.28. The van der Waals surface area contributed by atoms with Gasteiger partial charge in [-0.15, -0.1) is 0 Å². The minimum absolute atomic E-state index is 0.0213. The first-order chi connectivity index (χ1) is 7.65. The monoisotopic (exact) mass is 217 g/mol. The Hall–Kier alpha value is -2.10. The van der Waals surface area contributed by atoms with Crippen LogP contribution in [0, 0.1) is 6.92 Å². The first kappa shape index (κ1) is 10.4. The first-order valence-corrected chi connectivity index (χ1v) is 4.91. The Balaban J connectivity index is 2.25. The van der Waals surface area contributed by atoms with Crippen molar-refractivity contribution in [2.75, 3.05) is 0 Å². The molecule has 82 valence electrons. The van der Waals surface area contributed by atoms with Gasteiger partial charge in [-0.1, -0.05) is 18.2 Å². The molecule has 1 N–H and O–H groups in total. The molecule has 16 heavy (non-hydrogen) atoms. The summed E-state index contributed by atoms with van der Waals surface area (Å²) >= 11 is 0. The SMILES string of the molecule is Cc1nc2ccc(C=CCC(=O)O)cc2o1. The van der Waals surface area contributed by atoms with Crippen LogP contribution < -0.4 is 0 Å². The van der Waals surface area contributed by atoms with Crippen LogP contribution in [-0.4, -0.2) is 16.1 Å². The fourth-order valence-corrected chi connectivity index (χ4v) is 1.46. The van der Waals surface area contributed by atoms with E-state index in [1.54, 1.807) is 19.1 Å². The summed E-state index contributed by atoms with van der Waals surface area (Å²) in [7, 11) is 0. The largest absolute Gasteiger partial charge is 0.481 e. The number of hydrogen-bond donors (Lipinski definition) is 1. The number of hydrogen-bond acceptors (Lipinski definition) is 3. The molecule has 0 radical (unpaired) electrons. The fraction of sp³-hybridized carbons (Fsp3) is 0.167. The summed E-state index contributed by atoms with van der Waals surface area (Å²) in [6.45, 7) is 1.79. The predicted molar refractivity (Wildman–Crippen MR) is 60.0 cm³/mol. The molecule has 0 amide bonds. The third-order valence-corrected chi connectivity index (χ3v) is 2.12. The molecule has 0 atom stereocenters. The second-order valence-electron chi connectivity index (χ2n) is 3.46. The topological polar surface area (TPSA) is 63.3 Å². The minimum Gasteiger partial charge on any atom is -0.481 e.